The third-order valence-electron chi connectivity index (χ3n) is 1.82. The number of esters is 1. The van der Waals surface area contributed by atoms with Crippen LogP contribution in [-0.4, -0.2) is 61.1 Å². The van der Waals surface area contributed by atoms with Gasteiger partial charge in [-0.3, -0.25) is 9.59 Å². The van der Waals surface area contributed by atoms with Crippen LogP contribution in [0.15, 0.2) is 0 Å². The molecule has 98 valence electrons. The fourth-order valence-corrected chi connectivity index (χ4v) is 1.04. The monoisotopic (exact) mass is 246 g/mol. The molecule has 0 radical (unpaired) electrons. The Morgan fingerprint density at radius 1 is 1.35 bits per heavy atom. The lowest BCUT2D eigenvalue weighted by Gasteiger charge is -2.16. The van der Waals surface area contributed by atoms with Crippen molar-refractivity contribution < 1.29 is 24.2 Å². The van der Waals surface area contributed by atoms with Crippen LogP contribution in [0.5, 0.6) is 0 Å². The standard InChI is InChI=1S/C10H18N2O5/c1-7(13)11-8(6-9(14)15)10(16)17-5-4-12(2)3/h8H,4-6H2,1-3H3,(H,11,13)(H,14,15)/t8-/m0/s1. The minimum Gasteiger partial charge on any atom is -0.481 e. The zero-order valence-electron chi connectivity index (χ0n) is 10.2. The first-order valence-electron chi connectivity index (χ1n) is 5.13. The lowest BCUT2D eigenvalue weighted by molar-refractivity contribution is -0.151. The summed E-state index contributed by atoms with van der Waals surface area (Å²) in [5.41, 5.74) is 0. The second kappa shape index (κ2) is 7.61. The Kier molecular flexibility index (Phi) is 6.88. The lowest BCUT2D eigenvalue weighted by Crippen LogP contribution is -2.42. The molecular weight excluding hydrogens is 228 g/mol. The molecule has 0 unspecified atom stereocenters. The SMILES string of the molecule is CC(=O)N[C@@H](CC(=O)O)C(=O)OCCN(C)C. The fourth-order valence-electron chi connectivity index (χ4n) is 1.04. The van der Waals surface area contributed by atoms with Crippen molar-refractivity contribution in [1.82, 2.24) is 10.2 Å². The van der Waals surface area contributed by atoms with Gasteiger partial charge in [0.15, 0.2) is 0 Å². The van der Waals surface area contributed by atoms with Crippen LogP contribution in [0.25, 0.3) is 0 Å². The predicted octanol–water partition coefficient (Wildman–Crippen LogP) is -0.929. The minimum absolute atomic E-state index is 0.154. The maximum absolute atomic E-state index is 11.5. The summed E-state index contributed by atoms with van der Waals surface area (Å²) in [5, 5.41) is 10.8. The maximum atomic E-state index is 11.5. The summed E-state index contributed by atoms with van der Waals surface area (Å²) in [6.45, 7) is 1.90. The van der Waals surface area contributed by atoms with Gasteiger partial charge in [0.05, 0.1) is 6.42 Å². The number of carbonyl (C=O) groups is 3. The van der Waals surface area contributed by atoms with Gasteiger partial charge in [-0.1, -0.05) is 0 Å². The van der Waals surface area contributed by atoms with Crippen molar-refractivity contribution in [1.29, 1.82) is 0 Å². The molecule has 0 spiro atoms. The number of nitrogens with zero attached hydrogens (tertiary/aromatic N) is 1. The van der Waals surface area contributed by atoms with Crippen LogP contribution < -0.4 is 5.32 Å². The normalized spacial score (nSPS) is 12.0. The average molecular weight is 246 g/mol. The number of carboxylic acids is 1. The average Bonchev–Trinajstić information content (AvgIpc) is 2.14. The second-order valence-electron chi connectivity index (χ2n) is 3.82. The Hall–Kier alpha value is -1.63. The Balaban J connectivity index is 4.22. The number of hydrogen-bond acceptors (Lipinski definition) is 5. The van der Waals surface area contributed by atoms with E-state index in [9.17, 15) is 14.4 Å². The van der Waals surface area contributed by atoms with Crippen molar-refractivity contribution >= 4 is 17.8 Å². The molecule has 7 nitrogen and oxygen atoms in total. The summed E-state index contributed by atoms with van der Waals surface area (Å²) in [6.07, 6.45) is -0.486. The number of aliphatic carboxylic acids is 1. The number of nitrogens with one attached hydrogen (secondary N) is 1. The smallest absolute Gasteiger partial charge is 0.329 e. The summed E-state index contributed by atoms with van der Waals surface area (Å²) < 4.78 is 4.86. The molecule has 2 N–H and O–H groups in total. The summed E-state index contributed by atoms with van der Waals surface area (Å²) in [7, 11) is 3.63. The summed E-state index contributed by atoms with van der Waals surface area (Å²) in [4.78, 5) is 34.6. The van der Waals surface area contributed by atoms with E-state index in [1.54, 1.807) is 0 Å². The van der Waals surface area contributed by atoms with E-state index in [0.717, 1.165) is 0 Å². The quantitative estimate of drug-likeness (QED) is 0.563. The zero-order valence-corrected chi connectivity index (χ0v) is 10.2. The van der Waals surface area contributed by atoms with E-state index < -0.39 is 30.3 Å². The van der Waals surface area contributed by atoms with Crippen LogP contribution in [0.1, 0.15) is 13.3 Å². The molecule has 0 rings (SSSR count). The number of likely N-dealkylation sites (N-methyl/N-ethyl adjacent to an activating group) is 1. The highest BCUT2D eigenvalue weighted by molar-refractivity contribution is 5.86. The van der Waals surface area contributed by atoms with Gasteiger partial charge in [0.25, 0.3) is 0 Å². The second-order valence-corrected chi connectivity index (χ2v) is 3.82. The molecule has 1 atom stereocenters. The molecule has 0 aliphatic rings. The molecule has 17 heavy (non-hydrogen) atoms. The molecule has 0 bridgehead atoms. The summed E-state index contributed by atoms with van der Waals surface area (Å²) in [5.74, 6) is -2.38. The highest BCUT2D eigenvalue weighted by Crippen LogP contribution is 1.97. The number of carboxylic acid groups (broad SMARTS) is 1. The van der Waals surface area contributed by atoms with Crippen molar-refractivity contribution in [3.8, 4) is 0 Å². The molecule has 0 aromatic heterocycles. The summed E-state index contributed by atoms with van der Waals surface area (Å²) in [6, 6.07) is -1.13. The molecular formula is C10H18N2O5. The van der Waals surface area contributed by atoms with Crippen LogP contribution in [0.3, 0.4) is 0 Å². The van der Waals surface area contributed by atoms with Gasteiger partial charge in [-0.2, -0.15) is 0 Å². The van der Waals surface area contributed by atoms with Gasteiger partial charge in [0.1, 0.15) is 12.6 Å². The Bertz CT molecular complexity index is 274. The number of hydrogen-bond donors (Lipinski definition) is 2. The molecule has 1 amide bonds. The van der Waals surface area contributed by atoms with E-state index in [2.05, 4.69) is 5.32 Å². The molecule has 7 heteroatoms. The van der Waals surface area contributed by atoms with Gasteiger partial charge in [0.2, 0.25) is 5.91 Å². The van der Waals surface area contributed by atoms with Gasteiger partial charge in [-0.15, -0.1) is 0 Å². The Morgan fingerprint density at radius 3 is 2.35 bits per heavy atom. The van der Waals surface area contributed by atoms with E-state index in [1.807, 2.05) is 19.0 Å². The van der Waals surface area contributed by atoms with Crippen LogP contribution in [0.4, 0.5) is 0 Å². The van der Waals surface area contributed by atoms with E-state index in [1.165, 1.54) is 6.92 Å². The topological polar surface area (TPSA) is 95.9 Å². The molecule has 0 aliphatic carbocycles. The van der Waals surface area contributed by atoms with Gasteiger partial charge >= 0.3 is 11.9 Å². The van der Waals surface area contributed by atoms with Gasteiger partial charge in [0, 0.05) is 13.5 Å². The molecule has 0 saturated heterocycles. The predicted molar refractivity (Wildman–Crippen MR) is 59.4 cm³/mol. The molecule has 0 heterocycles. The van der Waals surface area contributed by atoms with Crippen molar-refractivity contribution in [3.05, 3.63) is 0 Å². The first-order valence-corrected chi connectivity index (χ1v) is 5.13. The molecule has 0 aliphatic heterocycles. The number of carbonyl (C=O) groups excluding carboxylic acids is 2. The van der Waals surface area contributed by atoms with E-state index in [4.69, 9.17) is 9.84 Å². The molecule has 0 fully saturated rings. The Labute approximate surface area is 99.7 Å². The van der Waals surface area contributed by atoms with Crippen molar-refractivity contribution in [2.75, 3.05) is 27.2 Å². The van der Waals surface area contributed by atoms with Gasteiger partial charge < -0.3 is 20.1 Å². The van der Waals surface area contributed by atoms with Gasteiger partial charge in [-0.25, -0.2) is 4.79 Å². The third-order valence-corrected chi connectivity index (χ3v) is 1.82. The third kappa shape index (κ3) is 8.21. The van der Waals surface area contributed by atoms with Crippen LogP contribution in [0.2, 0.25) is 0 Å². The van der Waals surface area contributed by atoms with Gasteiger partial charge in [-0.05, 0) is 14.1 Å². The molecule has 0 aromatic carbocycles. The molecule has 0 saturated carbocycles. The maximum Gasteiger partial charge on any atom is 0.329 e. The number of rotatable bonds is 7. The van der Waals surface area contributed by atoms with Crippen molar-refractivity contribution in [2.45, 2.75) is 19.4 Å². The van der Waals surface area contributed by atoms with Crippen LogP contribution in [0, 0.1) is 0 Å². The summed E-state index contributed by atoms with van der Waals surface area (Å²) >= 11 is 0. The van der Waals surface area contributed by atoms with Crippen LogP contribution in [-0.2, 0) is 19.1 Å². The van der Waals surface area contributed by atoms with E-state index >= 15 is 0 Å². The highest BCUT2D eigenvalue weighted by Gasteiger charge is 2.23. The van der Waals surface area contributed by atoms with Crippen molar-refractivity contribution in [2.24, 2.45) is 0 Å². The number of ether oxygens (including phenoxy) is 1. The highest BCUT2D eigenvalue weighted by atomic mass is 16.5. The molecule has 0 aromatic rings. The number of amides is 1. The Morgan fingerprint density at radius 2 is 1.94 bits per heavy atom. The largest absolute Gasteiger partial charge is 0.481 e. The van der Waals surface area contributed by atoms with E-state index in [0.29, 0.717) is 6.54 Å². The fraction of sp³-hybridized carbons (Fsp3) is 0.700. The first-order chi connectivity index (χ1) is 7.82. The minimum atomic E-state index is -1.17. The van der Waals surface area contributed by atoms with E-state index in [-0.39, 0.29) is 6.61 Å². The van der Waals surface area contributed by atoms with Crippen LogP contribution >= 0.6 is 0 Å². The lowest BCUT2D eigenvalue weighted by atomic mass is 10.2. The zero-order chi connectivity index (χ0) is 13.4. The van der Waals surface area contributed by atoms with Crippen molar-refractivity contribution in [3.63, 3.8) is 0 Å². The first kappa shape index (κ1) is 15.4.